The highest BCUT2D eigenvalue weighted by Gasteiger charge is 2.20. The standard InChI is InChI=1S/C18H17N3O3S/c1-22-14-5-10(6-15(23-2)18(14)24-3)11-7-16(25-4)13(9-20)17(21)12(11)8-19/h5-7H,21H2,1-4H3. The molecule has 0 saturated carbocycles. The summed E-state index contributed by atoms with van der Waals surface area (Å²) < 4.78 is 16.1. The summed E-state index contributed by atoms with van der Waals surface area (Å²) in [5.41, 5.74) is 8.06. The summed E-state index contributed by atoms with van der Waals surface area (Å²) in [5, 5.41) is 18.9. The van der Waals surface area contributed by atoms with Crippen molar-refractivity contribution in [2.24, 2.45) is 0 Å². The molecule has 2 aromatic carbocycles. The maximum absolute atomic E-state index is 9.56. The molecule has 0 aliphatic heterocycles. The fraction of sp³-hybridized carbons (Fsp3) is 0.222. The summed E-state index contributed by atoms with van der Waals surface area (Å²) in [6.45, 7) is 0. The SMILES string of the molecule is COc1cc(-c2cc(SC)c(C#N)c(N)c2C#N)cc(OC)c1OC. The molecule has 0 fully saturated rings. The molecular weight excluding hydrogens is 338 g/mol. The van der Waals surface area contributed by atoms with Crippen LogP contribution in [0.1, 0.15) is 11.1 Å². The average molecular weight is 355 g/mol. The summed E-state index contributed by atoms with van der Waals surface area (Å²) in [5.74, 6) is 1.39. The molecular formula is C18H17N3O3S. The second-order valence-electron chi connectivity index (χ2n) is 4.93. The Labute approximate surface area is 150 Å². The van der Waals surface area contributed by atoms with Crippen molar-refractivity contribution in [1.29, 1.82) is 10.5 Å². The topological polar surface area (TPSA) is 101 Å². The maximum Gasteiger partial charge on any atom is 0.203 e. The van der Waals surface area contributed by atoms with Crippen molar-refractivity contribution in [2.75, 3.05) is 33.3 Å². The fourth-order valence-corrected chi connectivity index (χ4v) is 3.13. The van der Waals surface area contributed by atoms with Gasteiger partial charge in [0.1, 0.15) is 12.1 Å². The molecule has 128 valence electrons. The van der Waals surface area contributed by atoms with Gasteiger partial charge in [-0.1, -0.05) is 0 Å². The minimum Gasteiger partial charge on any atom is -0.493 e. The van der Waals surface area contributed by atoms with Crippen molar-refractivity contribution in [3.63, 3.8) is 0 Å². The Morgan fingerprint density at radius 2 is 1.48 bits per heavy atom. The van der Waals surface area contributed by atoms with Gasteiger partial charge in [0.25, 0.3) is 0 Å². The van der Waals surface area contributed by atoms with Crippen LogP contribution in [-0.2, 0) is 0 Å². The van der Waals surface area contributed by atoms with Crippen LogP contribution >= 0.6 is 11.8 Å². The van der Waals surface area contributed by atoms with E-state index in [-0.39, 0.29) is 11.3 Å². The van der Waals surface area contributed by atoms with E-state index in [1.807, 2.05) is 6.26 Å². The summed E-state index contributed by atoms with van der Waals surface area (Å²) in [6.07, 6.45) is 1.85. The Morgan fingerprint density at radius 1 is 0.920 bits per heavy atom. The van der Waals surface area contributed by atoms with Crippen LogP contribution in [0.2, 0.25) is 0 Å². The van der Waals surface area contributed by atoms with Crippen LogP contribution in [0.3, 0.4) is 0 Å². The lowest BCUT2D eigenvalue weighted by Gasteiger charge is -2.16. The first-order valence-electron chi connectivity index (χ1n) is 7.17. The molecule has 0 spiro atoms. The van der Waals surface area contributed by atoms with Crippen LogP contribution in [0, 0.1) is 22.7 Å². The van der Waals surface area contributed by atoms with Crippen LogP contribution in [0.4, 0.5) is 5.69 Å². The Morgan fingerprint density at radius 3 is 1.88 bits per heavy atom. The van der Waals surface area contributed by atoms with E-state index in [4.69, 9.17) is 19.9 Å². The molecule has 2 N–H and O–H groups in total. The fourth-order valence-electron chi connectivity index (χ4n) is 2.54. The quantitative estimate of drug-likeness (QED) is 0.647. The molecule has 2 aromatic rings. The van der Waals surface area contributed by atoms with Crippen LogP contribution in [0.5, 0.6) is 17.2 Å². The molecule has 0 aliphatic rings. The van der Waals surface area contributed by atoms with E-state index < -0.39 is 0 Å². The zero-order valence-electron chi connectivity index (χ0n) is 14.3. The van der Waals surface area contributed by atoms with Crippen LogP contribution in [0.25, 0.3) is 11.1 Å². The molecule has 0 radical (unpaired) electrons. The first kappa shape index (κ1) is 18.3. The molecule has 0 bridgehead atoms. The zero-order valence-corrected chi connectivity index (χ0v) is 15.2. The molecule has 0 saturated heterocycles. The van der Waals surface area contributed by atoms with Gasteiger partial charge in [0, 0.05) is 10.5 Å². The average Bonchev–Trinajstić information content (AvgIpc) is 2.65. The Hall–Kier alpha value is -3.03. The summed E-state index contributed by atoms with van der Waals surface area (Å²) >= 11 is 1.39. The van der Waals surface area contributed by atoms with E-state index in [9.17, 15) is 10.5 Å². The minimum atomic E-state index is 0.167. The van der Waals surface area contributed by atoms with Gasteiger partial charge in [0.15, 0.2) is 11.5 Å². The lowest BCUT2D eigenvalue weighted by atomic mass is 9.95. The number of anilines is 1. The van der Waals surface area contributed by atoms with Crippen LogP contribution < -0.4 is 19.9 Å². The summed E-state index contributed by atoms with van der Waals surface area (Å²) in [4.78, 5) is 0.697. The first-order valence-corrected chi connectivity index (χ1v) is 8.39. The van der Waals surface area contributed by atoms with Gasteiger partial charge < -0.3 is 19.9 Å². The van der Waals surface area contributed by atoms with Gasteiger partial charge in [0.05, 0.1) is 38.1 Å². The normalized spacial score (nSPS) is 9.84. The predicted octanol–water partition coefficient (Wildman–Crippen LogP) is 3.43. The van der Waals surface area contributed by atoms with E-state index >= 15 is 0 Å². The van der Waals surface area contributed by atoms with E-state index in [1.54, 1.807) is 18.2 Å². The molecule has 0 heterocycles. The Balaban J connectivity index is 2.85. The number of thioether (sulfide) groups is 1. The second-order valence-corrected chi connectivity index (χ2v) is 5.78. The highest BCUT2D eigenvalue weighted by Crippen LogP contribution is 2.43. The molecule has 6 nitrogen and oxygen atoms in total. The number of methoxy groups -OCH3 is 3. The van der Waals surface area contributed by atoms with E-state index in [0.29, 0.717) is 38.8 Å². The number of nitrogens with zero attached hydrogens (tertiary/aromatic N) is 2. The largest absolute Gasteiger partial charge is 0.493 e. The lowest BCUT2D eigenvalue weighted by Crippen LogP contribution is -2.01. The smallest absolute Gasteiger partial charge is 0.203 e. The third-order valence-electron chi connectivity index (χ3n) is 3.75. The minimum absolute atomic E-state index is 0.167. The van der Waals surface area contributed by atoms with Gasteiger partial charge in [-0.2, -0.15) is 10.5 Å². The van der Waals surface area contributed by atoms with Gasteiger partial charge in [-0.3, -0.25) is 0 Å². The maximum atomic E-state index is 9.56. The summed E-state index contributed by atoms with van der Waals surface area (Å²) in [7, 11) is 4.56. The van der Waals surface area contributed by atoms with Crippen molar-refractivity contribution in [1.82, 2.24) is 0 Å². The lowest BCUT2D eigenvalue weighted by molar-refractivity contribution is 0.324. The predicted molar refractivity (Wildman–Crippen MR) is 97.2 cm³/mol. The molecule has 0 amide bonds. The molecule has 7 heteroatoms. The molecule has 25 heavy (non-hydrogen) atoms. The number of rotatable bonds is 5. The first-order chi connectivity index (χ1) is 12.1. The number of nitrogen functional groups attached to an aromatic ring is 1. The van der Waals surface area contributed by atoms with Gasteiger partial charge in [0.2, 0.25) is 5.75 Å². The highest BCUT2D eigenvalue weighted by molar-refractivity contribution is 7.98. The monoisotopic (exact) mass is 355 g/mol. The highest BCUT2D eigenvalue weighted by atomic mass is 32.2. The zero-order chi connectivity index (χ0) is 18.6. The van der Waals surface area contributed by atoms with Gasteiger partial charge in [-0.05, 0) is 30.0 Å². The van der Waals surface area contributed by atoms with Crippen molar-refractivity contribution in [2.45, 2.75) is 4.90 Å². The molecule has 0 unspecified atom stereocenters. The Kier molecular flexibility index (Phi) is 5.63. The number of nitriles is 2. The van der Waals surface area contributed by atoms with Crippen molar-refractivity contribution < 1.29 is 14.2 Å². The van der Waals surface area contributed by atoms with E-state index in [1.165, 1.54) is 33.1 Å². The number of ether oxygens (including phenoxy) is 3. The van der Waals surface area contributed by atoms with Gasteiger partial charge in [-0.15, -0.1) is 11.8 Å². The third-order valence-corrected chi connectivity index (χ3v) is 4.51. The second kappa shape index (κ2) is 7.69. The number of hydrogen-bond donors (Lipinski definition) is 1. The van der Waals surface area contributed by atoms with E-state index in [0.717, 1.165) is 0 Å². The van der Waals surface area contributed by atoms with Crippen molar-refractivity contribution >= 4 is 17.4 Å². The number of nitrogens with two attached hydrogens (primary N) is 1. The van der Waals surface area contributed by atoms with Gasteiger partial charge in [-0.25, -0.2) is 0 Å². The van der Waals surface area contributed by atoms with Crippen LogP contribution in [0.15, 0.2) is 23.1 Å². The molecule has 2 rings (SSSR count). The van der Waals surface area contributed by atoms with Gasteiger partial charge >= 0.3 is 0 Å². The number of hydrogen-bond acceptors (Lipinski definition) is 7. The summed E-state index contributed by atoms with van der Waals surface area (Å²) in [6, 6.07) is 9.42. The molecule has 0 aromatic heterocycles. The Bertz CT molecular complexity index is 873. The molecule has 0 atom stereocenters. The van der Waals surface area contributed by atoms with Crippen molar-refractivity contribution in [3.8, 4) is 40.5 Å². The third kappa shape index (κ3) is 3.15. The van der Waals surface area contributed by atoms with Crippen LogP contribution in [-0.4, -0.2) is 27.6 Å². The van der Waals surface area contributed by atoms with E-state index in [2.05, 4.69) is 12.1 Å². The number of benzene rings is 2. The molecule has 0 aliphatic carbocycles. The van der Waals surface area contributed by atoms with Crippen molar-refractivity contribution in [3.05, 3.63) is 29.3 Å².